The van der Waals surface area contributed by atoms with E-state index >= 15 is 0 Å². The van der Waals surface area contributed by atoms with Gasteiger partial charge in [0.1, 0.15) is 5.69 Å². The number of carbonyl (C=O) groups is 1. The maximum Gasteiger partial charge on any atom is 0.416 e. The van der Waals surface area contributed by atoms with Gasteiger partial charge in [-0.3, -0.25) is 14.9 Å². The summed E-state index contributed by atoms with van der Waals surface area (Å²) in [5.74, 6) is 0.397. The van der Waals surface area contributed by atoms with Crippen LogP contribution in [0.5, 0.6) is 0 Å². The van der Waals surface area contributed by atoms with Gasteiger partial charge < -0.3 is 16.0 Å². The Balaban J connectivity index is 1.79. The van der Waals surface area contributed by atoms with Crippen LogP contribution in [-0.4, -0.2) is 37.0 Å². The van der Waals surface area contributed by atoms with E-state index in [4.69, 9.17) is 0 Å². The molecule has 26 heavy (non-hydrogen) atoms. The van der Waals surface area contributed by atoms with Gasteiger partial charge in [0, 0.05) is 25.6 Å². The van der Waals surface area contributed by atoms with E-state index in [2.05, 4.69) is 16.0 Å². The van der Waals surface area contributed by atoms with Crippen LogP contribution in [0.3, 0.4) is 0 Å². The zero-order valence-electron chi connectivity index (χ0n) is 14.1. The molecule has 1 saturated heterocycles. The number of nitro benzene ring substituents is 1. The molecule has 0 aliphatic carbocycles. The maximum absolute atomic E-state index is 12.6. The first kappa shape index (κ1) is 20.0. The molecule has 0 spiro atoms. The van der Waals surface area contributed by atoms with E-state index in [1.165, 1.54) is 0 Å². The van der Waals surface area contributed by atoms with Crippen molar-refractivity contribution in [1.29, 1.82) is 0 Å². The number of nitro groups is 1. The quantitative estimate of drug-likeness (QED) is 0.369. The van der Waals surface area contributed by atoms with Crippen LogP contribution in [0, 0.1) is 16.0 Å². The van der Waals surface area contributed by atoms with Crippen LogP contribution in [0.4, 0.5) is 24.5 Å². The predicted molar refractivity (Wildman–Crippen MR) is 89.8 cm³/mol. The highest BCUT2D eigenvalue weighted by molar-refractivity contribution is 5.75. The second-order valence-electron chi connectivity index (χ2n) is 6.16. The van der Waals surface area contributed by atoms with Crippen molar-refractivity contribution in [1.82, 2.24) is 10.6 Å². The van der Waals surface area contributed by atoms with Crippen LogP contribution < -0.4 is 16.0 Å². The summed E-state index contributed by atoms with van der Waals surface area (Å²) in [7, 11) is 0. The van der Waals surface area contributed by atoms with E-state index < -0.39 is 22.4 Å². The molecule has 0 saturated carbocycles. The second-order valence-corrected chi connectivity index (χ2v) is 6.16. The van der Waals surface area contributed by atoms with Gasteiger partial charge in [-0.1, -0.05) is 0 Å². The van der Waals surface area contributed by atoms with Crippen LogP contribution >= 0.6 is 0 Å². The SMILES string of the molecule is O=C(CCC1CCNC1)NCCNc1ccc(C(F)(F)F)cc1[N+](=O)[O-]. The molecule has 1 aliphatic rings. The summed E-state index contributed by atoms with van der Waals surface area (Å²) >= 11 is 0. The minimum absolute atomic E-state index is 0.0192. The minimum atomic E-state index is -4.65. The molecule has 1 aromatic rings. The summed E-state index contributed by atoms with van der Waals surface area (Å²) in [5.41, 5.74) is -1.75. The number of nitrogens with zero attached hydrogens (tertiary/aromatic N) is 1. The van der Waals surface area contributed by atoms with Gasteiger partial charge >= 0.3 is 6.18 Å². The first-order chi connectivity index (χ1) is 12.3. The molecule has 144 valence electrons. The third-order valence-electron chi connectivity index (χ3n) is 4.23. The Labute approximate surface area is 148 Å². The molecular formula is C16H21F3N4O3. The fourth-order valence-electron chi connectivity index (χ4n) is 2.79. The fraction of sp³-hybridized carbons (Fsp3) is 0.562. The molecule has 3 N–H and O–H groups in total. The van der Waals surface area contributed by atoms with Crippen molar-refractivity contribution in [3.63, 3.8) is 0 Å². The van der Waals surface area contributed by atoms with Crippen molar-refractivity contribution in [2.24, 2.45) is 5.92 Å². The molecule has 1 aliphatic heterocycles. The highest BCUT2D eigenvalue weighted by atomic mass is 19.4. The Hall–Kier alpha value is -2.36. The Morgan fingerprint density at radius 1 is 1.35 bits per heavy atom. The molecule has 10 heteroatoms. The van der Waals surface area contributed by atoms with Crippen LogP contribution in [-0.2, 0) is 11.0 Å². The van der Waals surface area contributed by atoms with Crippen molar-refractivity contribution in [2.75, 3.05) is 31.5 Å². The monoisotopic (exact) mass is 374 g/mol. The summed E-state index contributed by atoms with van der Waals surface area (Å²) in [6.07, 6.45) is -2.37. The predicted octanol–water partition coefficient (Wildman–Crippen LogP) is 2.53. The third kappa shape index (κ3) is 5.87. The summed E-state index contributed by atoms with van der Waals surface area (Å²) in [6, 6.07) is 2.30. The Morgan fingerprint density at radius 2 is 2.12 bits per heavy atom. The van der Waals surface area contributed by atoms with Gasteiger partial charge in [0.2, 0.25) is 5.91 Å². The lowest BCUT2D eigenvalue weighted by molar-refractivity contribution is -0.384. The molecule has 1 unspecified atom stereocenters. The summed E-state index contributed by atoms with van der Waals surface area (Å²) in [5, 5.41) is 19.6. The number of halogens is 3. The Kier molecular flexibility index (Phi) is 6.78. The lowest BCUT2D eigenvalue weighted by Crippen LogP contribution is -2.29. The maximum atomic E-state index is 12.6. The molecule has 2 rings (SSSR count). The zero-order valence-corrected chi connectivity index (χ0v) is 14.1. The number of nitrogens with one attached hydrogen (secondary N) is 3. The molecule has 7 nitrogen and oxygen atoms in total. The number of carbonyl (C=O) groups excluding carboxylic acids is 1. The number of hydrogen-bond donors (Lipinski definition) is 3. The molecule has 1 heterocycles. The van der Waals surface area contributed by atoms with E-state index in [1.54, 1.807) is 0 Å². The molecule has 1 fully saturated rings. The van der Waals surface area contributed by atoms with E-state index in [1.807, 2.05) is 0 Å². The van der Waals surface area contributed by atoms with Crippen molar-refractivity contribution < 1.29 is 22.9 Å². The van der Waals surface area contributed by atoms with Crippen LogP contribution in [0.2, 0.25) is 0 Å². The normalized spacial score (nSPS) is 17.1. The first-order valence-electron chi connectivity index (χ1n) is 8.34. The van der Waals surface area contributed by atoms with Crippen LogP contribution in [0.25, 0.3) is 0 Å². The van der Waals surface area contributed by atoms with Crippen molar-refractivity contribution in [2.45, 2.75) is 25.4 Å². The highest BCUT2D eigenvalue weighted by Crippen LogP contribution is 2.34. The number of anilines is 1. The van der Waals surface area contributed by atoms with Gasteiger partial charge in [-0.2, -0.15) is 13.2 Å². The summed E-state index contributed by atoms with van der Waals surface area (Å²) < 4.78 is 37.9. The van der Waals surface area contributed by atoms with Gasteiger partial charge in [-0.25, -0.2) is 0 Å². The lowest BCUT2D eigenvalue weighted by Gasteiger charge is -2.11. The standard InChI is InChI=1S/C16H21F3N4O3/c17-16(18,19)12-2-3-13(14(9-12)23(25)26)21-7-8-22-15(24)4-1-11-5-6-20-10-11/h2-3,9,11,20-21H,1,4-8,10H2,(H,22,24). The highest BCUT2D eigenvalue weighted by Gasteiger charge is 2.33. The Morgan fingerprint density at radius 3 is 2.73 bits per heavy atom. The van der Waals surface area contributed by atoms with E-state index in [9.17, 15) is 28.1 Å². The molecule has 1 amide bonds. The van der Waals surface area contributed by atoms with Gasteiger partial charge in [0.25, 0.3) is 5.69 Å². The Bertz CT molecular complexity index is 646. The minimum Gasteiger partial charge on any atom is -0.378 e. The number of rotatable bonds is 8. The molecule has 1 aromatic carbocycles. The van der Waals surface area contributed by atoms with E-state index in [0.29, 0.717) is 18.4 Å². The van der Waals surface area contributed by atoms with Crippen LogP contribution in [0.1, 0.15) is 24.8 Å². The average Bonchev–Trinajstić information content (AvgIpc) is 3.09. The van der Waals surface area contributed by atoms with Crippen molar-refractivity contribution in [3.05, 3.63) is 33.9 Å². The zero-order chi connectivity index (χ0) is 19.2. The largest absolute Gasteiger partial charge is 0.416 e. The fourth-order valence-corrected chi connectivity index (χ4v) is 2.79. The number of alkyl halides is 3. The van der Waals surface area contributed by atoms with E-state index in [-0.39, 0.29) is 24.7 Å². The van der Waals surface area contributed by atoms with Crippen LogP contribution in [0.15, 0.2) is 18.2 Å². The summed E-state index contributed by atoms with van der Waals surface area (Å²) in [4.78, 5) is 21.9. The van der Waals surface area contributed by atoms with Crippen molar-refractivity contribution in [3.8, 4) is 0 Å². The first-order valence-corrected chi connectivity index (χ1v) is 8.34. The van der Waals surface area contributed by atoms with Gasteiger partial charge in [-0.05, 0) is 44.0 Å². The van der Waals surface area contributed by atoms with Crippen molar-refractivity contribution >= 4 is 17.3 Å². The third-order valence-corrected chi connectivity index (χ3v) is 4.23. The van der Waals surface area contributed by atoms with Gasteiger partial charge in [-0.15, -0.1) is 0 Å². The van der Waals surface area contributed by atoms with E-state index in [0.717, 1.165) is 38.1 Å². The smallest absolute Gasteiger partial charge is 0.378 e. The number of amides is 1. The number of benzene rings is 1. The molecule has 1 atom stereocenters. The number of hydrogen-bond acceptors (Lipinski definition) is 5. The molecule has 0 bridgehead atoms. The lowest BCUT2D eigenvalue weighted by atomic mass is 10.0. The summed E-state index contributed by atoms with van der Waals surface area (Å²) in [6.45, 7) is 2.29. The van der Waals surface area contributed by atoms with Gasteiger partial charge in [0.15, 0.2) is 0 Å². The average molecular weight is 374 g/mol. The topological polar surface area (TPSA) is 96.3 Å². The molecular weight excluding hydrogens is 353 g/mol. The molecule has 0 radical (unpaired) electrons. The van der Waals surface area contributed by atoms with Gasteiger partial charge in [0.05, 0.1) is 10.5 Å². The second kappa shape index (κ2) is 8.84. The molecule has 0 aromatic heterocycles.